The number of allylic oxidation sites excluding steroid dienone is 3. The molecule has 0 aromatic carbocycles. The predicted octanol–water partition coefficient (Wildman–Crippen LogP) is 3.74. The van der Waals surface area contributed by atoms with E-state index in [4.69, 9.17) is 14.2 Å². The third-order valence-electron chi connectivity index (χ3n) is 7.04. The summed E-state index contributed by atoms with van der Waals surface area (Å²) in [6.45, 7) is 11.1. The zero-order valence-electron chi connectivity index (χ0n) is 20.8. The van der Waals surface area contributed by atoms with Crippen LogP contribution >= 0.6 is 0 Å². The molecule has 3 atom stereocenters. The predicted molar refractivity (Wildman–Crippen MR) is 121 cm³/mol. The SMILES string of the molecule is CC(=O)OC[C@@H](C)C1=C(OC(C)=O)C2=CC(=O)[C@H]3C(C)(C)CCC[C@]3(C)C2=C(OC(C)=O)C1=O. The molecule has 0 N–H and O–H groups in total. The minimum atomic E-state index is -0.806. The smallest absolute Gasteiger partial charge is 0.308 e. The zero-order chi connectivity index (χ0) is 25.6. The molecule has 0 saturated heterocycles. The first kappa shape index (κ1) is 25.6. The van der Waals surface area contributed by atoms with Crippen molar-refractivity contribution in [3.8, 4) is 0 Å². The lowest BCUT2D eigenvalue weighted by Gasteiger charge is -2.53. The molecule has 0 heterocycles. The molecule has 0 amide bonds. The van der Waals surface area contributed by atoms with E-state index in [-0.39, 0.29) is 40.5 Å². The number of carbonyl (C=O) groups excluding carboxylic acids is 5. The summed E-state index contributed by atoms with van der Waals surface area (Å²) in [7, 11) is 0. The molecule has 8 nitrogen and oxygen atoms in total. The molecule has 8 heteroatoms. The minimum absolute atomic E-state index is 0.0209. The van der Waals surface area contributed by atoms with Crippen LogP contribution in [0.4, 0.5) is 0 Å². The Hall–Kier alpha value is -3.03. The maximum absolute atomic E-state index is 13.8. The quantitative estimate of drug-likeness (QED) is 0.439. The average Bonchev–Trinajstić information content (AvgIpc) is 2.67. The standard InChI is InChI=1S/C26H32O8/c1-13(12-32-14(2)27)19-21(31)23(34-16(4)29)20-17(22(19)33-15(3)28)11-18(30)24-25(5,6)9-8-10-26(20,24)7/h11,13,24H,8-10,12H2,1-7H3/t13-,24+,26-/m1/s1. The second-order valence-electron chi connectivity index (χ2n) is 10.3. The first-order chi connectivity index (χ1) is 15.7. The highest BCUT2D eigenvalue weighted by molar-refractivity contribution is 6.14. The fraction of sp³-hybridized carbons (Fsp3) is 0.577. The van der Waals surface area contributed by atoms with Crippen molar-refractivity contribution in [3.05, 3.63) is 34.3 Å². The molecule has 3 aliphatic rings. The molecule has 34 heavy (non-hydrogen) atoms. The molecule has 1 saturated carbocycles. The topological polar surface area (TPSA) is 113 Å². The molecule has 3 aliphatic carbocycles. The van der Waals surface area contributed by atoms with Crippen molar-refractivity contribution in [2.45, 2.75) is 67.7 Å². The van der Waals surface area contributed by atoms with E-state index >= 15 is 0 Å². The summed E-state index contributed by atoms with van der Waals surface area (Å²) < 4.78 is 16.1. The summed E-state index contributed by atoms with van der Waals surface area (Å²) in [5.74, 6) is -3.95. The van der Waals surface area contributed by atoms with Gasteiger partial charge in [-0.3, -0.25) is 24.0 Å². The van der Waals surface area contributed by atoms with Crippen LogP contribution in [0.15, 0.2) is 34.3 Å². The van der Waals surface area contributed by atoms with E-state index < -0.39 is 40.9 Å². The maximum Gasteiger partial charge on any atom is 0.308 e. The van der Waals surface area contributed by atoms with Crippen molar-refractivity contribution in [2.75, 3.05) is 6.61 Å². The lowest BCUT2D eigenvalue weighted by molar-refractivity contribution is -0.143. The van der Waals surface area contributed by atoms with Crippen LogP contribution in [-0.2, 0) is 38.2 Å². The summed E-state index contributed by atoms with van der Waals surface area (Å²) in [6, 6.07) is 0. The number of Topliss-reactive ketones (excluding diaryl/α,β-unsaturated/α-hetero) is 1. The number of rotatable bonds is 5. The number of ether oxygens (including phenoxy) is 3. The molecule has 0 bridgehead atoms. The second-order valence-corrected chi connectivity index (χ2v) is 10.3. The molecule has 0 unspecified atom stereocenters. The number of esters is 3. The summed E-state index contributed by atoms with van der Waals surface area (Å²) in [6.07, 6.45) is 3.66. The Morgan fingerprint density at radius 1 is 0.971 bits per heavy atom. The Balaban J connectivity index is 2.33. The fourth-order valence-electron chi connectivity index (χ4n) is 5.95. The number of fused-ring (bicyclic) bond motifs is 3. The summed E-state index contributed by atoms with van der Waals surface area (Å²) >= 11 is 0. The van der Waals surface area contributed by atoms with Gasteiger partial charge in [0.2, 0.25) is 5.78 Å². The molecule has 0 aromatic rings. The van der Waals surface area contributed by atoms with Gasteiger partial charge in [0, 0.05) is 49.2 Å². The Bertz CT molecular complexity index is 1070. The largest absolute Gasteiger partial charge is 0.465 e. The normalized spacial score (nSPS) is 26.8. The molecule has 0 radical (unpaired) electrons. The molecule has 1 fully saturated rings. The van der Waals surface area contributed by atoms with Crippen LogP contribution < -0.4 is 0 Å². The van der Waals surface area contributed by atoms with Crippen LogP contribution in [0.2, 0.25) is 0 Å². The number of ketones is 2. The van der Waals surface area contributed by atoms with Gasteiger partial charge in [0.15, 0.2) is 11.5 Å². The Labute approximate surface area is 199 Å². The molecule has 0 aromatic heterocycles. The van der Waals surface area contributed by atoms with Gasteiger partial charge in [0.1, 0.15) is 5.76 Å². The van der Waals surface area contributed by atoms with Crippen molar-refractivity contribution in [1.82, 2.24) is 0 Å². The van der Waals surface area contributed by atoms with Crippen LogP contribution in [0.25, 0.3) is 0 Å². The van der Waals surface area contributed by atoms with Crippen molar-refractivity contribution in [3.63, 3.8) is 0 Å². The van der Waals surface area contributed by atoms with E-state index in [0.29, 0.717) is 12.0 Å². The number of hydrogen-bond donors (Lipinski definition) is 0. The van der Waals surface area contributed by atoms with E-state index in [1.165, 1.54) is 26.8 Å². The fourth-order valence-corrected chi connectivity index (χ4v) is 5.95. The maximum atomic E-state index is 13.8. The summed E-state index contributed by atoms with van der Waals surface area (Å²) in [5, 5.41) is 0. The van der Waals surface area contributed by atoms with E-state index in [1.54, 1.807) is 6.92 Å². The van der Waals surface area contributed by atoms with Crippen LogP contribution in [0.3, 0.4) is 0 Å². The van der Waals surface area contributed by atoms with E-state index in [9.17, 15) is 24.0 Å². The van der Waals surface area contributed by atoms with Gasteiger partial charge >= 0.3 is 17.9 Å². The summed E-state index contributed by atoms with van der Waals surface area (Å²) in [4.78, 5) is 62.8. The van der Waals surface area contributed by atoms with Crippen molar-refractivity contribution in [1.29, 1.82) is 0 Å². The highest BCUT2D eigenvalue weighted by Gasteiger charge is 2.58. The highest BCUT2D eigenvalue weighted by Crippen LogP contribution is 2.61. The third-order valence-corrected chi connectivity index (χ3v) is 7.04. The highest BCUT2D eigenvalue weighted by atomic mass is 16.5. The zero-order valence-corrected chi connectivity index (χ0v) is 20.8. The average molecular weight is 473 g/mol. The van der Waals surface area contributed by atoms with E-state index in [1.807, 2.05) is 20.8 Å². The van der Waals surface area contributed by atoms with Crippen molar-refractivity contribution in [2.24, 2.45) is 22.7 Å². The van der Waals surface area contributed by atoms with Crippen LogP contribution in [0, 0.1) is 22.7 Å². The van der Waals surface area contributed by atoms with Gasteiger partial charge in [-0.2, -0.15) is 0 Å². The third kappa shape index (κ3) is 4.38. The molecule has 0 spiro atoms. The summed E-state index contributed by atoms with van der Waals surface area (Å²) in [5.41, 5.74) is -0.438. The number of hydrogen-bond acceptors (Lipinski definition) is 8. The van der Waals surface area contributed by atoms with Gasteiger partial charge < -0.3 is 14.2 Å². The van der Waals surface area contributed by atoms with Gasteiger partial charge in [-0.05, 0) is 24.3 Å². The van der Waals surface area contributed by atoms with Gasteiger partial charge in [-0.15, -0.1) is 0 Å². The van der Waals surface area contributed by atoms with Crippen molar-refractivity contribution < 1.29 is 38.2 Å². The van der Waals surface area contributed by atoms with Gasteiger partial charge in [-0.1, -0.05) is 34.1 Å². The molecule has 184 valence electrons. The van der Waals surface area contributed by atoms with Gasteiger partial charge in [0.05, 0.1) is 12.2 Å². The Kier molecular flexibility index (Phi) is 6.75. The van der Waals surface area contributed by atoms with Gasteiger partial charge in [0.25, 0.3) is 0 Å². The number of carbonyl (C=O) groups is 5. The second kappa shape index (κ2) is 8.96. The molecular formula is C26H32O8. The Morgan fingerprint density at radius 3 is 2.12 bits per heavy atom. The minimum Gasteiger partial charge on any atom is -0.465 e. The van der Waals surface area contributed by atoms with E-state index in [0.717, 1.165) is 12.8 Å². The Morgan fingerprint density at radius 2 is 1.56 bits per heavy atom. The van der Waals surface area contributed by atoms with Crippen LogP contribution in [0.1, 0.15) is 67.7 Å². The first-order valence-corrected chi connectivity index (χ1v) is 11.5. The molecule has 3 rings (SSSR count). The molecular weight excluding hydrogens is 440 g/mol. The lowest BCUT2D eigenvalue weighted by Crippen LogP contribution is -2.51. The first-order valence-electron chi connectivity index (χ1n) is 11.5. The lowest BCUT2D eigenvalue weighted by atomic mass is 9.49. The van der Waals surface area contributed by atoms with E-state index in [2.05, 4.69) is 0 Å². The molecule has 0 aliphatic heterocycles. The van der Waals surface area contributed by atoms with Crippen LogP contribution in [-0.4, -0.2) is 36.1 Å². The van der Waals surface area contributed by atoms with Gasteiger partial charge in [-0.25, -0.2) is 0 Å². The van der Waals surface area contributed by atoms with Crippen molar-refractivity contribution >= 4 is 29.5 Å². The monoisotopic (exact) mass is 472 g/mol. The van der Waals surface area contributed by atoms with Crippen LogP contribution in [0.5, 0.6) is 0 Å².